The number of carbonyl (C=O) groups excluding carboxylic acids is 1. The molecule has 0 radical (unpaired) electrons. The molecule has 6 nitrogen and oxygen atoms in total. The van der Waals surface area contributed by atoms with E-state index in [0.29, 0.717) is 41.1 Å². The lowest BCUT2D eigenvalue weighted by atomic mass is 10.2. The molecule has 8 heteroatoms. The molecule has 1 amide bonds. The van der Waals surface area contributed by atoms with Gasteiger partial charge in [0.05, 0.1) is 17.7 Å². The van der Waals surface area contributed by atoms with Crippen LogP contribution in [0.2, 0.25) is 10.0 Å². The van der Waals surface area contributed by atoms with Crippen molar-refractivity contribution in [2.45, 2.75) is 25.8 Å². The molecule has 2 aromatic heterocycles. The van der Waals surface area contributed by atoms with E-state index < -0.39 is 0 Å². The lowest BCUT2D eigenvalue weighted by molar-refractivity contribution is -0.122. The predicted octanol–water partition coefficient (Wildman–Crippen LogP) is 4.07. The number of hydrogen-bond acceptors (Lipinski definition) is 4. The van der Waals surface area contributed by atoms with E-state index in [0.717, 1.165) is 5.65 Å². The first-order valence-electron chi connectivity index (χ1n) is 8.21. The molecule has 0 unspecified atom stereocenters. The number of rotatable bonds is 7. The molecule has 0 saturated heterocycles. The highest BCUT2D eigenvalue weighted by atomic mass is 35.5. The molecular formula is C18H18Cl2N4O2. The minimum Gasteiger partial charge on any atom is -0.492 e. The van der Waals surface area contributed by atoms with Crippen LogP contribution < -0.4 is 10.1 Å². The molecule has 0 aliphatic carbocycles. The van der Waals surface area contributed by atoms with Crippen molar-refractivity contribution in [1.82, 2.24) is 19.9 Å². The standard InChI is InChI=1S/C18H18Cl2N4O2/c1-12(18-23-22-16-5-2-3-9-24(16)18)21-17(25)6-4-10-26-15-8-7-13(19)11-14(15)20/h2-3,5,7-9,11-12H,4,6,10H2,1H3,(H,21,25)/t12-/m0/s1. The van der Waals surface area contributed by atoms with Gasteiger partial charge in [-0.15, -0.1) is 10.2 Å². The Morgan fingerprint density at radius 2 is 2.12 bits per heavy atom. The monoisotopic (exact) mass is 392 g/mol. The molecule has 0 spiro atoms. The lowest BCUT2D eigenvalue weighted by Gasteiger charge is -2.13. The topological polar surface area (TPSA) is 68.5 Å². The van der Waals surface area contributed by atoms with E-state index >= 15 is 0 Å². The van der Waals surface area contributed by atoms with Crippen LogP contribution in [0, 0.1) is 0 Å². The van der Waals surface area contributed by atoms with Gasteiger partial charge in [-0.2, -0.15) is 0 Å². The quantitative estimate of drug-likeness (QED) is 0.615. The summed E-state index contributed by atoms with van der Waals surface area (Å²) < 4.78 is 7.44. The summed E-state index contributed by atoms with van der Waals surface area (Å²) in [7, 11) is 0. The molecule has 1 atom stereocenters. The summed E-state index contributed by atoms with van der Waals surface area (Å²) in [5.41, 5.74) is 0.747. The second-order valence-electron chi connectivity index (χ2n) is 5.80. The maximum absolute atomic E-state index is 12.1. The zero-order chi connectivity index (χ0) is 18.5. The number of ether oxygens (including phenoxy) is 1. The third kappa shape index (κ3) is 4.45. The number of pyridine rings is 1. The largest absolute Gasteiger partial charge is 0.492 e. The highest BCUT2D eigenvalue weighted by Gasteiger charge is 2.15. The van der Waals surface area contributed by atoms with Gasteiger partial charge in [-0.3, -0.25) is 9.20 Å². The van der Waals surface area contributed by atoms with Crippen molar-refractivity contribution < 1.29 is 9.53 Å². The van der Waals surface area contributed by atoms with Gasteiger partial charge in [0.15, 0.2) is 11.5 Å². The predicted molar refractivity (Wildman–Crippen MR) is 101 cm³/mol. The van der Waals surface area contributed by atoms with Crippen LogP contribution in [0.25, 0.3) is 5.65 Å². The van der Waals surface area contributed by atoms with Gasteiger partial charge in [0.1, 0.15) is 5.75 Å². The van der Waals surface area contributed by atoms with Crippen molar-refractivity contribution in [3.8, 4) is 5.75 Å². The molecule has 0 bridgehead atoms. The van der Waals surface area contributed by atoms with Gasteiger partial charge in [0, 0.05) is 17.6 Å². The average Bonchev–Trinajstić information content (AvgIpc) is 3.04. The van der Waals surface area contributed by atoms with Gasteiger partial charge in [-0.05, 0) is 43.7 Å². The minimum absolute atomic E-state index is 0.0732. The fourth-order valence-electron chi connectivity index (χ4n) is 2.54. The number of amides is 1. The summed E-state index contributed by atoms with van der Waals surface area (Å²) in [4.78, 5) is 12.1. The Morgan fingerprint density at radius 3 is 2.92 bits per heavy atom. The molecule has 1 aromatic carbocycles. The smallest absolute Gasteiger partial charge is 0.220 e. The van der Waals surface area contributed by atoms with Gasteiger partial charge in [-0.25, -0.2) is 0 Å². The van der Waals surface area contributed by atoms with E-state index in [1.54, 1.807) is 18.2 Å². The summed E-state index contributed by atoms with van der Waals surface area (Å²) in [6.07, 6.45) is 2.78. The molecule has 3 aromatic rings. The van der Waals surface area contributed by atoms with Crippen LogP contribution in [0.3, 0.4) is 0 Å². The maximum Gasteiger partial charge on any atom is 0.220 e. The fourth-order valence-corrected chi connectivity index (χ4v) is 3.00. The van der Waals surface area contributed by atoms with Crippen LogP contribution in [-0.4, -0.2) is 27.1 Å². The number of hydrogen-bond donors (Lipinski definition) is 1. The van der Waals surface area contributed by atoms with Crippen LogP contribution in [-0.2, 0) is 4.79 Å². The van der Waals surface area contributed by atoms with E-state index in [1.807, 2.05) is 35.7 Å². The summed E-state index contributed by atoms with van der Waals surface area (Å²) in [6, 6.07) is 10.5. The Kier molecular flexibility index (Phi) is 5.96. The number of carbonyl (C=O) groups is 1. The Morgan fingerprint density at radius 1 is 1.27 bits per heavy atom. The van der Waals surface area contributed by atoms with E-state index in [-0.39, 0.29) is 11.9 Å². The summed E-state index contributed by atoms with van der Waals surface area (Å²) in [6.45, 7) is 2.27. The SMILES string of the molecule is C[C@H](NC(=O)CCCOc1ccc(Cl)cc1Cl)c1nnc2ccccn12. The van der Waals surface area contributed by atoms with Crippen LogP contribution in [0.15, 0.2) is 42.6 Å². The first-order chi connectivity index (χ1) is 12.5. The number of aromatic nitrogens is 3. The average molecular weight is 393 g/mol. The van der Waals surface area contributed by atoms with Crippen molar-refractivity contribution in [3.05, 3.63) is 58.5 Å². The molecule has 0 fully saturated rings. The first-order valence-corrected chi connectivity index (χ1v) is 8.97. The van der Waals surface area contributed by atoms with Gasteiger partial charge >= 0.3 is 0 Å². The number of nitrogens with zero attached hydrogens (tertiary/aromatic N) is 3. The number of fused-ring (bicyclic) bond motifs is 1. The Labute approximate surface area is 161 Å². The maximum atomic E-state index is 12.1. The Bertz CT molecular complexity index is 913. The second kappa shape index (κ2) is 8.38. The van der Waals surface area contributed by atoms with Crippen LogP contribution in [0.5, 0.6) is 5.75 Å². The van der Waals surface area contributed by atoms with E-state index in [1.165, 1.54) is 0 Å². The molecule has 3 rings (SSSR count). The molecular weight excluding hydrogens is 375 g/mol. The van der Waals surface area contributed by atoms with Crippen molar-refractivity contribution in [1.29, 1.82) is 0 Å². The Balaban J connectivity index is 1.46. The molecule has 136 valence electrons. The number of benzene rings is 1. The van der Waals surface area contributed by atoms with E-state index in [2.05, 4.69) is 15.5 Å². The van der Waals surface area contributed by atoms with Crippen molar-refractivity contribution >= 4 is 34.8 Å². The van der Waals surface area contributed by atoms with Gasteiger partial charge in [0.25, 0.3) is 0 Å². The summed E-state index contributed by atoms with van der Waals surface area (Å²) >= 11 is 11.9. The molecule has 26 heavy (non-hydrogen) atoms. The van der Waals surface area contributed by atoms with E-state index in [9.17, 15) is 4.79 Å². The van der Waals surface area contributed by atoms with Crippen LogP contribution in [0.4, 0.5) is 0 Å². The van der Waals surface area contributed by atoms with Crippen LogP contribution in [0.1, 0.15) is 31.6 Å². The molecule has 0 saturated carbocycles. The second-order valence-corrected chi connectivity index (χ2v) is 6.65. The minimum atomic E-state index is -0.244. The number of halogens is 2. The number of nitrogens with one attached hydrogen (secondary N) is 1. The third-order valence-electron chi connectivity index (χ3n) is 3.80. The zero-order valence-corrected chi connectivity index (χ0v) is 15.7. The summed E-state index contributed by atoms with van der Waals surface area (Å²) in [5, 5.41) is 12.2. The van der Waals surface area contributed by atoms with Crippen molar-refractivity contribution in [2.24, 2.45) is 0 Å². The molecule has 0 aliphatic heterocycles. The van der Waals surface area contributed by atoms with Crippen molar-refractivity contribution in [3.63, 3.8) is 0 Å². The lowest BCUT2D eigenvalue weighted by Crippen LogP contribution is -2.28. The summed E-state index contributed by atoms with van der Waals surface area (Å²) in [5.74, 6) is 1.17. The van der Waals surface area contributed by atoms with E-state index in [4.69, 9.17) is 27.9 Å². The zero-order valence-electron chi connectivity index (χ0n) is 14.2. The fraction of sp³-hybridized carbons (Fsp3) is 0.278. The highest BCUT2D eigenvalue weighted by molar-refractivity contribution is 6.35. The van der Waals surface area contributed by atoms with Gasteiger partial charge in [-0.1, -0.05) is 29.3 Å². The van der Waals surface area contributed by atoms with Crippen LogP contribution >= 0.6 is 23.2 Å². The molecule has 1 N–H and O–H groups in total. The normalized spacial score (nSPS) is 12.1. The highest BCUT2D eigenvalue weighted by Crippen LogP contribution is 2.27. The van der Waals surface area contributed by atoms with Gasteiger partial charge < -0.3 is 10.1 Å². The molecule has 2 heterocycles. The van der Waals surface area contributed by atoms with Crippen molar-refractivity contribution in [2.75, 3.05) is 6.61 Å². The third-order valence-corrected chi connectivity index (χ3v) is 4.34. The van der Waals surface area contributed by atoms with Gasteiger partial charge in [0.2, 0.25) is 5.91 Å². The first kappa shape index (κ1) is 18.5. The molecule has 0 aliphatic rings. The Hall–Kier alpha value is -2.31.